The Bertz CT molecular complexity index is 1050. The summed E-state index contributed by atoms with van der Waals surface area (Å²) in [4.78, 5) is 16.2. The van der Waals surface area contributed by atoms with Crippen molar-refractivity contribution in [2.45, 2.75) is 4.90 Å². The Balaban J connectivity index is 1.99. The molecule has 0 aliphatic carbocycles. The first-order chi connectivity index (χ1) is 11.3. The first kappa shape index (κ1) is 16.0. The molecule has 6 nitrogen and oxygen atoms in total. The van der Waals surface area contributed by atoms with Gasteiger partial charge in [-0.25, -0.2) is 17.9 Å². The number of nitrogens with zero attached hydrogens (tertiary/aromatic N) is 1. The van der Waals surface area contributed by atoms with E-state index in [1.807, 2.05) is 0 Å². The number of amides is 1. The molecule has 0 atom stereocenters. The number of carbonyl (C=O) groups is 1. The zero-order valence-corrected chi connectivity index (χ0v) is 13.0. The summed E-state index contributed by atoms with van der Waals surface area (Å²) in [6, 6.07) is 11.5. The van der Waals surface area contributed by atoms with Gasteiger partial charge in [-0.05, 0) is 30.3 Å². The molecule has 0 aliphatic heterocycles. The minimum Gasteiger partial charge on any atom is -0.322 e. The Morgan fingerprint density at radius 3 is 2.62 bits per heavy atom. The normalized spacial score (nSPS) is 11.4. The topological polar surface area (TPSA) is 102 Å². The SMILES string of the molecule is NS(=O)(=O)c1cc(F)cc(NC(=O)c2cccc3cccnc23)c1. The fourth-order valence-electron chi connectivity index (χ4n) is 2.29. The average Bonchev–Trinajstić information content (AvgIpc) is 2.53. The summed E-state index contributed by atoms with van der Waals surface area (Å²) >= 11 is 0. The van der Waals surface area contributed by atoms with Crippen LogP contribution in [0, 0.1) is 5.82 Å². The van der Waals surface area contributed by atoms with Gasteiger partial charge < -0.3 is 5.32 Å². The number of anilines is 1. The molecule has 2 aromatic carbocycles. The number of hydrogen-bond acceptors (Lipinski definition) is 4. The molecule has 1 amide bonds. The van der Waals surface area contributed by atoms with Gasteiger partial charge in [0.25, 0.3) is 5.91 Å². The van der Waals surface area contributed by atoms with Crippen molar-refractivity contribution < 1.29 is 17.6 Å². The van der Waals surface area contributed by atoms with Crippen molar-refractivity contribution in [3.8, 4) is 0 Å². The third-order valence-electron chi connectivity index (χ3n) is 3.34. The van der Waals surface area contributed by atoms with Crippen LogP contribution in [0.4, 0.5) is 10.1 Å². The van der Waals surface area contributed by atoms with Gasteiger partial charge in [-0.1, -0.05) is 18.2 Å². The Labute approximate surface area is 137 Å². The van der Waals surface area contributed by atoms with E-state index in [0.717, 1.165) is 23.6 Å². The lowest BCUT2D eigenvalue weighted by Crippen LogP contribution is -2.15. The molecule has 3 N–H and O–H groups in total. The molecule has 0 radical (unpaired) electrons. The summed E-state index contributed by atoms with van der Waals surface area (Å²) in [7, 11) is -4.09. The number of nitrogens with one attached hydrogen (secondary N) is 1. The highest BCUT2D eigenvalue weighted by Gasteiger charge is 2.15. The number of hydrogen-bond donors (Lipinski definition) is 2. The molecule has 0 spiro atoms. The third-order valence-corrected chi connectivity index (χ3v) is 4.23. The van der Waals surface area contributed by atoms with Crippen LogP contribution in [0.1, 0.15) is 10.4 Å². The second kappa shape index (κ2) is 5.99. The van der Waals surface area contributed by atoms with Crippen LogP contribution in [-0.4, -0.2) is 19.3 Å². The second-order valence-corrected chi connectivity index (χ2v) is 6.62. The average molecular weight is 345 g/mol. The van der Waals surface area contributed by atoms with Crippen molar-refractivity contribution in [2.24, 2.45) is 5.14 Å². The van der Waals surface area contributed by atoms with Crippen LogP contribution in [0.3, 0.4) is 0 Å². The molecule has 1 heterocycles. The summed E-state index contributed by atoms with van der Waals surface area (Å²) in [6.07, 6.45) is 1.56. The Morgan fingerprint density at radius 1 is 1.12 bits per heavy atom. The lowest BCUT2D eigenvalue weighted by molar-refractivity contribution is 0.102. The van der Waals surface area contributed by atoms with Gasteiger partial charge in [0.05, 0.1) is 16.0 Å². The quantitative estimate of drug-likeness (QED) is 0.760. The number of rotatable bonds is 3. The number of benzene rings is 2. The summed E-state index contributed by atoms with van der Waals surface area (Å²) in [5.41, 5.74) is 0.757. The zero-order chi connectivity index (χ0) is 17.3. The van der Waals surface area contributed by atoms with Crippen molar-refractivity contribution in [1.29, 1.82) is 0 Å². The molecule has 24 heavy (non-hydrogen) atoms. The maximum atomic E-state index is 13.6. The number of halogens is 1. The molecule has 0 aliphatic rings. The summed E-state index contributed by atoms with van der Waals surface area (Å²) in [6.45, 7) is 0. The van der Waals surface area contributed by atoms with E-state index in [4.69, 9.17) is 5.14 Å². The highest BCUT2D eigenvalue weighted by Crippen LogP contribution is 2.20. The van der Waals surface area contributed by atoms with Gasteiger partial charge in [0.2, 0.25) is 10.0 Å². The molecule has 3 rings (SSSR count). The zero-order valence-electron chi connectivity index (χ0n) is 12.2. The van der Waals surface area contributed by atoms with Crippen LogP contribution < -0.4 is 10.5 Å². The fraction of sp³-hybridized carbons (Fsp3) is 0. The summed E-state index contributed by atoms with van der Waals surface area (Å²) in [5.74, 6) is -1.36. The summed E-state index contributed by atoms with van der Waals surface area (Å²) in [5, 5.41) is 8.23. The van der Waals surface area contributed by atoms with Crippen molar-refractivity contribution >= 4 is 32.5 Å². The number of fused-ring (bicyclic) bond motifs is 1. The highest BCUT2D eigenvalue weighted by atomic mass is 32.2. The van der Waals surface area contributed by atoms with Gasteiger partial charge in [-0.3, -0.25) is 9.78 Å². The molecule has 8 heteroatoms. The van der Waals surface area contributed by atoms with E-state index in [1.54, 1.807) is 36.5 Å². The van der Waals surface area contributed by atoms with Crippen molar-refractivity contribution in [3.63, 3.8) is 0 Å². The van der Waals surface area contributed by atoms with Crippen LogP contribution in [0.2, 0.25) is 0 Å². The van der Waals surface area contributed by atoms with E-state index in [-0.39, 0.29) is 11.3 Å². The molecular weight excluding hydrogens is 333 g/mol. The smallest absolute Gasteiger partial charge is 0.257 e. The Kier molecular flexibility index (Phi) is 4.00. The second-order valence-electron chi connectivity index (χ2n) is 5.06. The van der Waals surface area contributed by atoms with Crippen LogP contribution in [0.25, 0.3) is 10.9 Å². The first-order valence-corrected chi connectivity index (χ1v) is 8.38. The lowest BCUT2D eigenvalue weighted by atomic mass is 10.1. The lowest BCUT2D eigenvalue weighted by Gasteiger charge is -2.09. The molecule has 122 valence electrons. The highest BCUT2D eigenvalue weighted by molar-refractivity contribution is 7.89. The number of nitrogens with two attached hydrogens (primary N) is 1. The molecule has 0 fully saturated rings. The van der Waals surface area contributed by atoms with Gasteiger partial charge in [0, 0.05) is 17.3 Å². The fourth-order valence-corrected chi connectivity index (χ4v) is 2.85. The molecule has 0 bridgehead atoms. The molecule has 0 unspecified atom stereocenters. The molecular formula is C16H12FN3O3S. The first-order valence-electron chi connectivity index (χ1n) is 6.83. The van der Waals surface area contributed by atoms with Gasteiger partial charge >= 0.3 is 0 Å². The summed E-state index contributed by atoms with van der Waals surface area (Å²) < 4.78 is 36.3. The van der Waals surface area contributed by atoms with Crippen molar-refractivity contribution in [1.82, 2.24) is 4.98 Å². The molecule has 0 saturated carbocycles. The standard InChI is InChI=1S/C16H12FN3O3S/c17-11-7-12(9-13(8-11)24(18,22)23)20-16(21)14-5-1-3-10-4-2-6-19-15(10)14/h1-9H,(H,20,21)(H2,18,22,23). The molecule has 1 aromatic heterocycles. The van der Waals surface area contributed by atoms with Gasteiger partial charge in [0.15, 0.2) is 0 Å². The maximum Gasteiger partial charge on any atom is 0.257 e. The minimum absolute atomic E-state index is 0.0167. The maximum absolute atomic E-state index is 13.6. The van der Waals surface area contributed by atoms with Gasteiger partial charge in [-0.15, -0.1) is 0 Å². The van der Waals surface area contributed by atoms with Crippen LogP contribution in [0.15, 0.2) is 59.6 Å². The van der Waals surface area contributed by atoms with E-state index >= 15 is 0 Å². The van der Waals surface area contributed by atoms with E-state index in [1.165, 1.54) is 0 Å². The van der Waals surface area contributed by atoms with E-state index < -0.39 is 26.6 Å². The van der Waals surface area contributed by atoms with Crippen molar-refractivity contribution in [2.75, 3.05) is 5.32 Å². The van der Waals surface area contributed by atoms with E-state index in [2.05, 4.69) is 10.3 Å². The predicted octanol–water partition coefficient (Wildman–Crippen LogP) is 2.27. The number of sulfonamides is 1. The Hall–Kier alpha value is -2.84. The van der Waals surface area contributed by atoms with Crippen molar-refractivity contribution in [3.05, 3.63) is 66.1 Å². The Morgan fingerprint density at radius 2 is 1.88 bits per heavy atom. The monoisotopic (exact) mass is 345 g/mol. The van der Waals surface area contributed by atoms with Gasteiger partial charge in [-0.2, -0.15) is 0 Å². The van der Waals surface area contributed by atoms with E-state index in [0.29, 0.717) is 5.52 Å². The van der Waals surface area contributed by atoms with Gasteiger partial charge in [0.1, 0.15) is 5.82 Å². The number of pyridine rings is 1. The number of primary sulfonamides is 1. The third kappa shape index (κ3) is 3.24. The largest absolute Gasteiger partial charge is 0.322 e. The number of carbonyl (C=O) groups excluding carboxylic acids is 1. The molecule has 0 saturated heterocycles. The minimum atomic E-state index is -4.09. The number of aromatic nitrogens is 1. The van der Waals surface area contributed by atoms with Crippen LogP contribution in [0.5, 0.6) is 0 Å². The molecule has 3 aromatic rings. The van der Waals surface area contributed by atoms with Crippen LogP contribution >= 0.6 is 0 Å². The van der Waals surface area contributed by atoms with E-state index in [9.17, 15) is 17.6 Å². The predicted molar refractivity (Wildman–Crippen MR) is 87.5 cm³/mol. The van der Waals surface area contributed by atoms with Crippen LogP contribution in [-0.2, 0) is 10.0 Å². The number of para-hydroxylation sites is 1.